The number of hydrogen-bond acceptors (Lipinski definition) is 4. The third-order valence-corrected chi connectivity index (χ3v) is 3.87. The van der Waals surface area contributed by atoms with Crippen molar-refractivity contribution in [1.29, 1.82) is 5.26 Å². The lowest BCUT2D eigenvalue weighted by atomic mass is 10.1. The van der Waals surface area contributed by atoms with E-state index in [4.69, 9.17) is 15.5 Å². The maximum Gasteiger partial charge on any atom is 0.335 e. The van der Waals surface area contributed by atoms with Gasteiger partial charge in [0.2, 0.25) is 0 Å². The zero-order valence-corrected chi connectivity index (χ0v) is 12.1. The molecule has 6 heteroatoms. The standard InChI is InChI=1S/C16H11NO4S/c17-9-10-1-3-12(4-2-10)22-13-5-6-14(16(20)21)11(7-13)8-15(18)19/h1-7H,8H2,(H,18,19)(H,20,21). The maximum absolute atomic E-state index is 11.1. The fraction of sp³-hybridized carbons (Fsp3) is 0.0625. The molecule has 0 atom stereocenters. The van der Waals surface area contributed by atoms with Gasteiger partial charge >= 0.3 is 11.9 Å². The number of benzene rings is 2. The fourth-order valence-corrected chi connectivity index (χ4v) is 2.77. The van der Waals surface area contributed by atoms with Crippen molar-refractivity contribution in [3.05, 3.63) is 59.2 Å². The summed E-state index contributed by atoms with van der Waals surface area (Å²) >= 11 is 1.37. The Labute approximate surface area is 130 Å². The van der Waals surface area contributed by atoms with Crippen LogP contribution >= 0.6 is 11.8 Å². The van der Waals surface area contributed by atoms with Gasteiger partial charge in [-0.05, 0) is 48.0 Å². The molecule has 2 rings (SSSR count). The van der Waals surface area contributed by atoms with Gasteiger partial charge in [-0.15, -0.1) is 0 Å². The molecule has 0 bridgehead atoms. The van der Waals surface area contributed by atoms with E-state index in [0.29, 0.717) is 5.56 Å². The quantitative estimate of drug-likeness (QED) is 0.880. The average Bonchev–Trinajstić information content (AvgIpc) is 2.47. The second-order valence-electron chi connectivity index (χ2n) is 4.43. The molecule has 0 aliphatic carbocycles. The van der Waals surface area contributed by atoms with Gasteiger partial charge in [-0.25, -0.2) is 4.79 Å². The van der Waals surface area contributed by atoms with Crippen LogP contribution < -0.4 is 0 Å². The lowest BCUT2D eigenvalue weighted by Crippen LogP contribution is -2.07. The van der Waals surface area contributed by atoms with E-state index in [1.165, 1.54) is 17.8 Å². The SMILES string of the molecule is N#Cc1ccc(Sc2ccc(C(=O)O)c(CC(=O)O)c2)cc1. The van der Waals surface area contributed by atoms with Crippen LogP contribution in [0.25, 0.3) is 0 Å². The first-order chi connectivity index (χ1) is 10.5. The van der Waals surface area contributed by atoms with Gasteiger partial charge in [-0.2, -0.15) is 5.26 Å². The van der Waals surface area contributed by atoms with Crippen molar-refractivity contribution >= 4 is 23.7 Å². The normalized spacial score (nSPS) is 9.95. The van der Waals surface area contributed by atoms with Crippen LogP contribution in [0, 0.1) is 11.3 Å². The molecule has 0 fully saturated rings. The van der Waals surface area contributed by atoms with Crippen molar-refractivity contribution in [3.8, 4) is 6.07 Å². The van der Waals surface area contributed by atoms with Gasteiger partial charge in [-0.1, -0.05) is 11.8 Å². The number of rotatable bonds is 5. The molecular formula is C16H11NO4S. The monoisotopic (exact) mass is 313 g/mol. The predicted octanol–water partition coefficient (Wildman–Crippen LogP) is 3.03. The van der Waals surface area contributed by atoms with Crippen molar-refractivity contribution in [2.45, 2.75) is 16.2 Å². The molecule has 2 N–H and O–H groups in total. The van der Waals surface area contributed by atoms with E-state index in [0.717, 1.165) is 9.79 Å². The van der Waals surface area contributed by atoms with Crippen molar-refractivity contribution < 1.29 is 19.8 Å². The molecule has 2 aromatic carbocycles. The zero-order valence-electron chi connectivity index (χ0n) is 11.3. The first-order valence-electron chi connectivity index (χ1n) is 6.25. The molecule has 0 aliphatic heterocycles. The van der Waals surface area contributed by atoms with Gasteiger partial charge in [0.05, 0.1) is 23.6 Å². The Morgan fingerprint density at radius 1 is 1.05 bits per heavy atom. The van der Waals surface area contributed by atoms with Crippen LogP contribution in [-0.4, -0.2) is 22.2 Å². The number of hydrogen-bond donors (Lipinski definition) is 2. The molecule has 110 valence electrons. The van der Waals surface area contributed by atoms with E-state index in [1.807, 2.05) is 6.07 Å². The second-order valence-corrected chi connectivity index (χ2v) is 5.58. The molecule has 0 aliphatic rings. The van der Waals surface area contributed by atoms with Crippen molar-refractivity contribution in [1.82, 2.24) is 0 Å². The number of carboxylic acid groups (broad SMARTS) is 2. The number of nitriles is 1. The molecule has 22 heavy (non-hydrogen) atoms. The Morgan fingerprint density at radius 2 is 1.68 bits per heavy atom. The molecule has 0 heterocycles. The zero-order chi connectivity index (χ0) is 16.1. The Balaban J connectivity index is 2.29. The molecule has 0 spiro atoms. The smallest absolute Gasteiger partial charge is 0.335 e. The fourth-order valence-electron chi connectivity index (χ4n) is 1.88. The highest BCUT2D eigenvalue weighted by atomic mass is 32.2. The van der Waals surface area contributed by atoms with Crippen LogP contribution in [0.15, 0.2) is 52.3 Å². The molecular weight excluding hydrogens is 302 g/mol. The highest BCUT2D eigenvalue weighted by Gasteiger charge is 2.14. The number of carboxylic acids is 2. The van der Waals surface area contributed by atoms with Crippen LogP contribution in [-0.2, 0) is 11.2 Å². The Kier molecular flexibility index (Phi) is 4.81. The van der Waals surface area contributed by atoms with Crippen LogP contribution in [0.1, 0.15) is 21.5 Å². The van der Waals surface area contributed by atoms with Crippen molar-refractivity contribution in [2.75, 3.05) is 0 Å². The minimum Gasteiger partial charge on any atom is -0.481 e. The third kappa shape index (κ3) is 3.87. The highest BCUT2D eigenvalue weighted by molar-refractivity contribution is 7.99. The molecule has 2 aromatic rings. The van der Waals surface area contributed by atoms with Gasteiger partial charge in [0.25, 0.3) is 0 Å². The minimum absolute atomic E-state index is 0.00780. The largest absolute Gasteiger partial charge is 0.481 e. The predicted molar refractivity (Wildman–Crippen MR) is 80.0 cm³/mol. The summed E-state index contributed by atoms with van der Waals surface area (Å²) in [6.45, 7) is 0. The van der Waals surface area contributed by atoms with Gasteiger partial charge in [-0.3, -0.25) is 4.79 Å². The molecule has 0 saturated heterocycles. The van der Waals surface area contributed by atoms with Crippen molar-refractivity contribution in [2.24, 2.45) is 0 Å². The highest BCUT2D eigenvalue weighted by Crippen LogP contribution is 2.29. The van der Waals surface area contributed by atoms with Gasteiger partial charge in [0.1, 0.15) is 0 Å². The summed E-state index contributed by atoms with van der Waals surface area (Å²) in [4.78, 5) is 23.6. The second kappa shape index (κ2) is 6.78. The van der Waals surface area contributed by atoms with E-state index in [2.05, 4.69) is 0 Å². The molecule has 0 radical (unpaired) electrons. The van der Waals surface area contributed by atoms with E-state index in [1.54, 1.807) is 36.4 Å². The number of carbonyl (C=O) groups is 2. The topological polar surface area (TPSA) is 98.4 Å². The number of aliphatic carboxylic acids is 1. The Morgan fingerprint density at radius 3 is 2.23 bits per heavy atom. The van der Waals surface area contributed by atoms with Crippen LogP contribution in [0.3, 0.4) is 0 Å². The lowest BCUT2D eigenvalue weighted by molar-refractivity contribution is -0.136. The van der Waals surface area contributed by atoms with Gasteiger partial charge < -0.3 is 10.2 Å². The minimum atomic E-state index is -1.15. The van der Waals surface area contributed by atoms with E-state index < -0.39 is 11.9 Å². The van der Waals surface area contributed by atoms with E-state index in [-0.39, 0.29) is 17.5 Å². The van der Waals surface area contributed by atoms with Crippen LogP contribution in [0.5, 0.6) is 0 Å². The Hall–Kier alpha value is -2.78. The van der Waals surface area contributed by atoms with Crippen molar-refractivity contribution in [3.63, 3.8) is 0 Å². The maximum atomic E-state index is 11.1. The summed E-state index contributed by atoms with van der Waals surface area (Å²) in [5.41, 5.74) is 0.808. The third-order valence-electron chi connectivity index (χ3n) is 2.87. The summed E-state index contributed by atoms with van der Waals surface area (Å²) < 4.78 is 0. The summed E-state index contributed by atoms with van der Waals surface area (Å²) in [7, 11) is 0. The summed E-state index contributed by atoms with van der Waals surface area (Å²) in [5, 5.41) is 26.7. The molecule has 0 saturated carbocycles. The van der Waals surface area contributed by atoms with Gasteiger partial charge in [0.15, 0.2) is 0 Å². The van der Waals surface area contributed by atoms with Crippen LogP contribution in [0.2, 0.25) is 0 Å². The summed E-state index contributed by atoms with van der Waals surface area (Å²) in [6.07, 6.45) is -0.344. The lowest BCUT2D eigenvalue weighted by Gasteiger charge is -2.07. The van der Waals surface area contributed by atoms with Gasteiger partial charge in [0, 0.05) is 9.79 Å². The summed E-state index contributed by atoms with van der Waals surface area (Å²) in [6, 6.07) is 13.6. The summed E-state index contributed by atoms with van der Waals surface area (Å²) in [5.74, 6) is -2.23. The molecule has 0 aromatic heterocycles. The molecule has 5 nitrogen and oxygen atoms in total. The van der Waals surface area contributed by atoms with Crippen LogP contribution in [0.4, 0.5) is 0 Å². The van der Waals surface area contributed by atoms with E-state index >= 15 is 0 Å². The first-order valence-corrected chi connectivity index (χ1v) is 7.07. The molecule has 0 unspecified atom stereocenters. The first kappa shape index (κ1) is 15.6. The number of nitrogens with zero attached hydrogens (tertiary/aromatic N) is 1. The Bertz CT molecular complexity index is 763. The number of aromatic carboxylic acids is 1. The average molecular weight is 313 g/mol. The van der Waals surface area contributed by atoms with E-state index in [9.17, 15) is 9.59 Å². The molecule has 0 amide bonds.